The van der Waals surface area contributed by atoms with E-state index < -0.39 is 12.3 Å². The smallest absolute Gasteiger partial charge is 0.245 e. The number of nitrogen functional groups attached to an aromatic ring is 1. The van der Waals surface area contributed by atoms with Crippen molar-refractivity contribution in [3.8, 4) is 0 Å². The third kappa shape index (κ3) is 2.96. The van der Waals surface area contributed by atoms with E-state index in [-0.39, 0.29) is 5.92 Å². The maximum Gasteiger partial charge on any atom is 0.245 e. The quantitative estimate of drug-likeness (QED) is 0.786. The monoisotopic (exact) mass is 239 g/mol. The Morgan fingerprint density at radius 2 is 1.82 bits per heavy atom. The fraction of sp³-hybridized carbons (Fsp3) is 0.571. The number of halogens is 2. The highest BCUT2D eigenvalue weighted by molar-refractivity contribution is 5.42. The number of alkyl halides is 2. The third-order valence-electron chi connectivity index (χ3n) is 3.72. The Morgan fingerprint density at radius 1 is 1.12 bits per heavy atom. The summed E-state index contributed by atoms with van der Waals surface area (Å²) in [6.07, 6.45) is 2.89. The molecule has 1 aromatic carbocycles. The van der Waals surface area contributed by atoms with E-state index in [2.05, 4.69) is 0 Å². The molecule has 0 amide bonds. The topological polar surface area (TPSA) is 26.0 Å². The van der Waals surface area contributed by atoms with Crippen molar-refractivity contribution in [1.82, 2.24) is 0 Å². The molecule has 1 fully saturated rings. The first-order chi connectivity index (χ1) is 8.18. The van der Waals surface area contributed by atoms with Gasteiger partial charge in [0.1, 0.15) is 0 Å². The predicted molar refractivity (Wildman–Crippen MR) is 66.2 cm³/mol. The lowest BCUT2D eigenvalue weighted by atomic mass is 9.77. The molecule has 1 aromatic rings. The van der Waals surface area contributed by atoms with E-state index in [9.17, 15) is 8.78 Å². The van der Waals surface area contributed by atoms with Crippen LogP contribution in [0.4, 0.5) is 14.5 Å². The van der Waals surface area contributed by atoms with Gasteiger partial charge in [-0.15, -0.1) is 0 Å². The Kier molecular flexibility index (Phi) is 3.97. The average Bonchev–Trinajstić information content (AvgIpc) is 2.30. The molecule has 0 bridgehead atoms. The van der Waals surface area contributed by atoms with Gasteiger partial charge >= 0.3 is 0 Å². The first-order valence-corrected chi connectivity index (χ1v) is 6.32. The van der Waals surface area contributed by atoms with Crippen LogP contribution in [0.3, 0.4) is 0 Å². The van der Waals surface area contributed by atoms with Crippen molar-refractivity contribution in [2.45, 2.75) is 44.4 Å². The second-order valence-electron chi connectivity index (χ2n) is 4.93. The van der Waals surface area contributed by atoms with Crippen molar-refractivity contribution in [2.75, 3.05) is 5.73 Å². The molecule has 1 unspecified atom stereocenters. The van der Waals surface area contributed by atoms with E-state index >= 15 is 0 Å². The zero-order valence-electron chi connectivity index (χ0n) is 9.91. The lowest BCUT2D eigenvalue weighted by Crippen LogP contribution is -2.22. The summed E-state index contributed by atoms with van der Waals surface area (Å²) in [4.78, 5) is 0. The van der Waals surface area contributed by atoms with Gasteiger partial charge in [-0.25, -0.2) is 8.78 Å². The zero-order valence-corrected chi connectivity index (χ0v) is 9.91. The first-order valence-electron chi connectivity index (χ1n) is 6.32. The van der Waals surface area contributed by atoms with Crippen molar-refractivity contribution in [3.05, 3.63) is 29.8 Å². The zero-order chi connectivity index (χ0) is 12.3. The summed E-state index contributed by atoms with van der Waals surface area (Å²) >= 11 is 0. The van der Waals surface area contributed by atoms with Crippen LogP contribution in [-0.2, 0) is 0 Å². The Hall–Kier alpha value is -1.12. The van der Waals surface area contributed by atoms with Crippen molar-refractivity contribution in [2.24, 2.45) is 5.92 Å². The van der Waals surface area contributed by atoms with Gasteiger partial charge < -0.3 is 5.73 Å². The minimum Gasteiger partial charge on any atom is -0.399 e. The molecule has 0 saturated heterocycles. The summed E-state index contributed by atoms with van der Waals surface area (Å²) in [5, 5.41) is 0. The molecule has 0 aromatic heterocycles. The molecular formula is C14H19F2N. The van der Waals surface area contributed by atoms with Crippen LogP contribution in [0, 0.1) is 5.92 Å². The van der Waals surface area contributed by atoms with Crippen LogP contribution in [0.15, 0.2) is 24.3 Å². The maximum atomic E-state index is 13.3. The van der Waals surface area contributed by atoms with Crippen LogP contribution in [0.2, 0.25) is 0 Å². The lowest BCUT2D eigenvalue weighted by molar-refractivity contribution is 0.0743. The number of benzene rings is 1. The van der Waals surface area contributed by atoms with E-state index in [1.54, 1.807) is 24.3 Å². The van der Waals surface area contributed by atoms with Crippen LogP contribution < -0.4 is 5.73 Å². The van der Waals surface area contributed by atoms with Gasteiger partial charge in [-0.05, 0) is 36.5 Å². The molecule has 0 heterocycles. The molecule has 17 heavy (non-hydrogen) atoms. The van der Waals surface area contributed by atoms with E-state index in [0.29, 0.717) is 11.3 Å². The van der Waals surface area contributed by atoms with E-state index in [0.717, 1.165) is 25.7 Å². The van der Waals surface area contributed by atoms with Gasteiger partial charge in [-0.2, -0.15) is 0 Å². The minimum absolute atomic E-state index is 0.116. The minimum atomic E-state index is -2.29. The molecule has 2 N–H and O–H groups in total. The Labute approximate surface area is 101 Å². The summed E-state index contributed by atoms with van der Waals surface area (Å²) in [6, 6.07) is 6.99. The summed E-state index contributed by atoms with van der Waals surface area (Å²) in [7, 11) is 0. The summed E-state index contributed by atoms with van der Waals surface area (Å²) in [6.45, 7) is 0. The molecule has 1 saturated carbocycles. The van der Waals surface area contributed by atoms with Crippen LogP contribution in [0.5, 0.6) is 0 Å². The summed E-state index contributed by atoms with van der Waals surface area (Å²) in [5.41, 5.74) is 6.96. The van der Waals surface area contributed by atoms with Gasteiger partial charge in [0.2, 0.25) is 6.43 Å². The van der Waals surface area contributed by atoms with Gasteiger partial charge in [0.15, 0.2) is 0 Å². The van der Waals surface area contributed by atoms with Gasteiger partial charge in [-0.3, -0.25) is 0 Å². The molecule has 94 valence electrons. The molecule has 1 atom stereocenters. The molecule has 0 spiro atoms. The Balaban J connectivity index is 2.21. The third-order valence-corrected chi connectivity index (χ3v) is 3.72. The predicted octanol–water partition coefficient (Wildman–Crippen LogP) is 4.20. The van der Waals surface area contributed by atoms with Crippen LogP contribution >= 0.6 is 0 Å². The average molecular weight is 239 g/mol. The van der Waals surface area contributed by atoms with Gasteiger partial charge in [-0.1, -0.05) is 31.4 Å². The molecule has 0 radical (unpaired) electrons. The first kappa shape index (κ1) is 12.3. The van der Waals surface area contributed by atoms with Gasteiger partial charge in [0, 0.05) is 11.6 Å². The van der Waals surface area contributed by atoms with E-state index in [4.69, 9.17) is 5.73 Å². The van der Waals surface area contributed by atoms with Crippen LogP contribution in [0.25, 0.3) is 0 Å². The normalized spacial score (nSPS) is 19.5. The molecule has 2 rings (SSSR count). The van der Waals surface area contributed by atoms with Crippen molar-refractivity contribution < 1.29 is 8.78 Å². The Bertz CT molecular complexity index is 359. The van der Waals surface area contributed by atoms with Gasteiger partial charge in [0.25, 0.3) is 0 Å². The van der Waals surface area contributed by atoms with E-state index in [1.165, 1.54) is 6.42 Å². The Morgan fingerprint density at radius 3 is 2.41 bits per heavy atom. The van der Waals surface area contributed by atoms with Crippen molar-refractivity contribution in [3.63, 3.8) is 0 Å². The molecular weight excluding hydrogens is 220 g/mol. The molecule has 1 aliphatic rings. The highest BCUT2D eigenvalue weighted by atomic mass is 19.3. The molecule has 1 aliphatic carbocycles. The number of anilines is 1. The maximum absolute atomic E-state index is 13.3. The SMILES string of the molecule is Nc1cccc(C(C(F)F)C2CCCCC2)c1. The molecule has 1 nitrogen and oxygen atoms in total. The number of hydrogen-bond donors (Lipinski definition) is 1. The highest BCUT2D eigenvalue weighted by Crippen LogP contribution is 2.40. The van der Waals surface area contributed by atoms with Crippen molar-refractivity contribution in [1.29, 1.82) is 0 Å². The molecule has 0 aliphatic heterocycles. The highest BCUT2D eigenvalue weighted by Gasteiger charge is 2.32. The number of hydrogen-bond acceptors (Lipinski definition) is 1. The standard InChI is InChI=1S/C14H19F2N/c15-14(16)13(10-5-2-1-3-6-10)11-7-4-8-12(17)9-11/h4,7-10,13-14H,1-3,5-6,17H2. The van der Waals surface area contributed by atoms with Gasteiger partial charge in [0.05, 0.1) is 0 Å². The number of nitrogens with two attached hydrogens (primary N) is 1. The summed E-state index contributed by atoms with van der Waals surface area (Å²) in [5.74, 6) is -0.524. The second kappa shape index (κ2) is 5.48. The van der Waals surface area contributed by atoms with E-state index in [1.807, 2.05) is 0 Å². The largest absolute Gasteiger partial charge is 0.399 e. The lowest BCUT2D eigenvalue weighted by Gasteiger charge is -2.30. The fourth-order valence-electron chi connectivity index (χ4n) is 2.88. The molecule has 3 heteroatoms. The van der Waals surface area contributed by atoms with Crippen LogP contribution in [0.1, 0.15) is 43.6 Å². The van der Waals surface area contributed by atoms with Crippen molar-refractivity contribution >= 4 is 5.69 Å². The second-order valence-corrected chi connectivity index (χ2v) is 4.93. The summed E-state index contributed by atoms with van der Waals surface area (Å²) < 4.78 is 26.5. The fourth-order valence-corrected chi connectivity index (χ4v) is 2.88. The number of rotatable bonds is 3. The van der Waals surface area contributed by atoms with Crippen LogP contribution in [-0.4, -0.2) is 6.43 Å².